The minimum absolute atomic E-state index is 0.239. The zero-order chi connectivity index (χ0) is 28.9. The van der Waals surface area contributed by atoms with Crippen molar-refractivity contribution in [3.63, 3.8) is 0 Å². The Morgan fingerprint density at radius 2 is 1.44 bits per heavy atom. The highest BCUT2D eigenvalue weighted by molar-refractivity contribution is 7.21. The van der Waals surface area contributed by atoms with Crippen LogP contribution < -0.4 is 15.5 Å². The van der Waals surface area contributed by atoms with Gasteiger partial charge in [-0.05, 0) is 72.8 Å². The number of nitrogens with zero attached hydrogens (tertiary/aromatic N) is 1. The molecule has 0 aliphatic carbocycles. The number of carbonyl (C=O) groups excluding carboxylic acids is 3. The molecule has 5 aromatic rings. The molecule has 2 N–H and O–H groups in total. The Hall–Kier alpha value is -4.21. The number of halogens is 3. The van der Waals surface area contributed by atoms with E-state index in [1.54, 1.807) is 91.0 Å². The van der Waals surface area contributed by atoms with Crippen molar-refractivity contribution in [2.45, 2.75) is 0 Å². The summed E-state index contributed by atoms with van der Waals surface area (Å²) >= 11 is 19.5. The second kappa shape index (κ2) is 12.5. The maximum atomic E-state index is 12.9. The number of para-hydroxylation sites is 1. The molecular weight excluding hydrogens is 605 g/mol. The molecule has 1 aromatic heterocycles. The third-order valence-electron chi connectivity index (χ3n) is 5.78. The van der Waals surface area contributed by atoms with Gasteiger partial charge in [-0.15, -0.1) is 11.3 Å². The quantitative estimate of drug-likeness (QED) is 0.0830. The fraction of sp³-hybridized carbons (Fsp3) is 0. The van der Waals surface area contributed by atoms with Crippen LogP contribution in [0.2, 0.25) is 15.1 Å². The first-order chi connectivity index (χ1) is 19.8. The van der Waals surface area contributed by atoms with Gasteiger partial charge in [-0.25, -0.2) is 10.2 Å². The number of ether oxygens (including phenoxy) is 1. The van der Waals surface area contributed by atoms with Gasteiger partial charge in [-0.3, -0.25) is 9.59 Å². The van der Waals surface area contributed by atoms with Gasteiger partial charge in [0, 0.05) is 42.5 Å². The van der Waals surface area contributed by atoms with Crippen molar-refractivity contribution in [2.24, 2.45) is 5.10 Å². The van der Waals surface area contributed by atoms with Crippen LogP contribution in [-0.4, -0.2) is 24.0 Å². The van der Waals surface area contributed by atoms with Crippen molar-refractivity contribution < 1.29 is 19.1 Å². The summed E-state index contributed by atoms with van der Waals surface area (Å²) in [6, 6.07) is 24.7. The van der Waals surface area contributed by atoms with E-state index in [4.69, 9.17) is 39.5 Å². The van der Waals surface area contributed by atoms with Gasteiger partial charge in [0.15, 0.2) is 0 Å². The first-order valence-corrected chi connectivity index (χ1v) is 13.9. The molecule has 0 spiro atoms. The Balaban J connectivity index is 1.21. The highest BCUT2D eigenvalue weighted by Crippen LogP contribution is 2.37. The highest BCUT2D eigenvalue weighted by Gasteiger charge is 2.20. The molecule has 5 rings (SSSR count). The summed E-state index contributed by atoms with van der Waals surface area (Å²) in [5.74, 6) is -1.16. The fourth-order valence-corrected chi connectivity index (χ4v) is 5.52. The number of nitrogens with one attached hydrogen (secondary N) is 2. The molecule has 41 heavy (non-hydrogen) atoms. The van der Waals surface area contributed by atoms with Crippen LogP contribution in [0.15, 0.2) is 96.1 Å². The summed E-state index contributed by atoms with van der Waals surface area (Å²) in [6.07, 6.45) is 1.37. The number of anilines is 1. The van der Waals surface area contributed by atoms with Crippen LogP contribution in [0.1, 0.15) is 36.0 Å². The second-order valence-corrected chi connectivity index (χ2v) is 10.9. The van der Waals surface area contributed by atoms with Gasteiger partial charge in [0.25, 0.3) is 11.8 Å². The summed E-state index contributed by atoms with van der Waals surface area (Å²) in [5, 5.41) is 8.84. The number of benzene rings is 4. The second-order valence-electron chi connectivity index (χ2n) is 8.55. The lowest BCUT2D eigenvalue weighted by Crippen LogP contribution is -2.18. The van der Waals surface area contributed by atoms with E-state index >= 15 is 0 Å². The maximum Gasteiger partial charge on any atom is 0.355 e. The standard InChI is InChI=1S/C30H18Cl3N3O4S/c31-20-9-5-17(6-10-20)28(37)35-22-12-7-18(8-13-22)29(38)36-34-16-19-3-1-2-4-24(19)40-30(39)27-26(33)23-14-11-21(32)15-25(23)41-27/h1-16H,(H,35,37)(H,36,38)/b34-16-. The molecule has 0 atom stereocenters. The van der Waals surface area contributed by atoms with E-state index in [1.807, 2.05) is 0 Å². The highest BCUT2D eigenvalue weighted by atomic mass is 35.5. The largest absolute Gasteiger partial charge is 0.422 e. The van der Waals surface area contributed by atoms with Crippen molar-refractivity contribution in [1.29, 1.82) is 0 Å². The zero-order valence-electron chi connectivity index (χ0n) is 20.9. The molecule has 0 aliphatic rings. The molecule has 2 amide bonds. The molecule has 11 heteroatoms. The molecule has 0 saturated carbocycles. The first-order valence-electron chi connectivity index (χ1n) is 12.0. The van der Waals surface area contributed by atoms with Gasteiger partial charge >= 0.3 is 5.97 Å². The number of amides is 2. The molecule has 4 aromatic carbocycles. The number of rotatable bonds is 7. The molecule has 0 saturated heterocycles. The van der Waals surface area contributed by atoms with Gasteiger partial charge in [0.05, 0.1) is 11.2 Å². The normalized spacial score (nSPS) is 11.0. The van der Waals surface area contributed by atoms with E-state index in [1.165, 1.54) is 17.6 Å². The molecule has 0 aliphatic heterocycles. The lowest BCUT2D eigenvalue weighted by Gasteiger charge is -2.07. The number of hydrogen-bond acceptors (Lipinski definition) is 6. The van der Waals surface area contributed by atoms with Gasteiger partial charge in [0.2, 0.25) is 0 Å². The van der Waals surface area contributed by atoms with E-state index in [9.17, 15) is 14.4 Å². The Bertz CT molecular complexity index is 1800. The molecule has 0 fully saturated rings. The Morgan fingerprint density at radius 1 is 0.780 bits per heavy atom. The monoisotopic (exact) mass is 621 g/mol. The molecule has 0 unspecified atom stereocenters. The molecule has 0 radical (unpaired) electrons. The fourth-order valence-electron chi connectivity index (χ4n) is 3.73. The summed E-state index contributed by atoms with van der Waals surface area (Å²) < 4.78 is 6.37. The number of thiophene rings is 1. The number of hydrogen-bond donors (Lipinski definition) is 2. The SMILES string of the molecule is O=C(N/N=C\c1ccccc1OC(=O)c1sc2cc(Cl)ccc2c1Cl)c1ccc(NC(=O)c2ccc(Cl)cc2)cc1. The van der Waals surface area contributed by atoms with Crippen molar-refractivity contribution >= 4 is 85.9 Å². The Morgan fingerprint density at radius 3 is 2.20 bits per heavy atom. The summed E-state index contributed by atoms with van der Waals surface area (Å²) in [4.78, 5) is 38.1. The van der Waals surface area contributed by atoms with Gasteiger partial charge in [0.1, 0.15) is 10.6 Å². The topological polar surface area (TPSA) is 96.9 Å². The van der Waals surface area contributed by atoms with E-state index in [2.05, 4.69) is 15.8 Å². The van der Waals surface area contributed by atoms with Gasteiger partial charge in [-0.1, -0.05) is 53.0 Å². The Kier molecular flexibility index (Phi) is 8.66. The molecule has 1 heterocycles. The van der Waals surface area contributed by atoms with E-state index in [0.717, 1.165) is 4.70 Å². The average molecular weight is 623 g/mol. The van der Waals surface area contributed by atoms with E-state index in [-0.39, 0.29) is 16.5 Å². The zero-order valence-corrected chi connectivity index (χ0v) is 23.9. The van der Waals surface area contributed by atoms with E-state index < -0.39 is 11.9 Å². The maximum absolute atomic E-state index is 12.9. The number of carbonyl (C=O) groups is 3. The number of esters is 1. The Labute approximate surface area is 253 Å². The molecule has 204 valence electrons. The lowest BCUT2D eigenvalue weighted by molar-refractivity contribution is 0.0739. The van der Waals surface area contributed by atoms with Crippen molar-refractivity contribution in [2.75, 3.05) is 5.32 Å². The number of hydrazone groups is 1. The third kappa shape index (κ3) is 6.75. The summed E-state index contributed by atoms with van der Waals surface area (Å²) in [7, 11) is 0. The van der Waals surface area contributed by atoms with E-state index in [0.29, 0.717) is 42.8 Å². The minimum Gasteiger partial charge on any atom is -0.422 e. The predicted octanol–water partition coefficient (Wildman–Crippen LogP) is 8.10. The van der Waals surface area contributed by atoms with Crippen molar-refractivity contribution in [3.8, 4) is 5.75 Å². The molecule has 7 nitrogen and oxygen atoms in total. The van der Waals surface area contributed by atoms with Crippen LogP contribution in [0, 0.1) is 0 Å². The minimum atomic E-state index is -0.625. The van der Waals surface area contributed by atoms with Crippen LogP contribution in [0.25, 0.3) is 10.1 Å². The summed E-state index contributed by atoms with van der Waals surface area (Å²) in [5.41, 5.74) is 4.20. The van der Waals surface area contributed by atoms with Gasteiger partial charge < -0.3 is 10.1 Å². The smallest absolute Gasteiger partial charge is 0.355 e. The average Bonchev–Trinajstić information content (AvgIpc) is 3.29. The van der Waals surface area contributed by atoms with Crippen molar-refractivity contribution in [3.05, 3.63) is 128 Å². The first kappa shape index (κ1) is 28.3. The van der Waals surface area contributed by atoms with Gasteiger partial charge in [-0.2, -0.15) is 5.10 Å². The third-order valence-corrected chi connectivity index (χ3v) is 7.90. The van der Waals surface area contributed by atoms with Crippen LogP contribution in [0.5, 0.6) is 5.75 Å². The van der Waals surface area contributed by atoms with Crippen LogP contribution >= 0.6 is 46.1 Å². The lowest BCUT2D eigenvalue weighted by atomic mass is 10.1. The van der Waals surface area contributed by atoms with Crippen LogP contribution in [-0.2, 0) is 0 Å². The van der Waals surface area contributed by atoms with Crippen LogP contribution in [0.4, 0.5) is 5.69 Å². The summed E-state index contributed by atoms with van der Waals surface area (Å²) in [6.45, 7) is 0. The predicted molar refractivity (Wildman–Crippen MR) is 164 cm³/mol. The number of fused-ring (bicyclic) bond motifs is 1. The molecule has 0 bridgehead atoms. The molecular formula is C30H18Cl3N3O4S. The van der Waals surface area contributed by atoms with Crippen molar-refractivity contribution in [1.82, 2.24) is 5.43 Å². The van der Waals surface area contributed by atoms with Crippen LogP contribution in [0.3, 0.4) is 0 Å².